The first-order valence-electron chi connectivity index (χ1n) is 11.6. The Bertz CT molecular complexity index is 1050. The normalized spacial score (nSPS) is 22.4. The smallest absolute Gasteiger partial charge is 0.295 e. The first-order valence-corrected chi connectivity index (χ1v) is 11.6. The van der Waals surface area contributed by atoms with Gasteiger partial charge in [-0.1, -0.05) is 44.2 Å². The van der Waals surface area contributed by atoms with E-state index in [-0.39, 0.29) is 23.4 Å². The highest BCUT2D eigenvalue weighted by atomic mass is 16.5. The molecule has 2 atom stereocenters. The highest BCUT2D eigenvalue weighted by Gasteiger charge is 2.47. The Labute approximate surface area is 194 Å². The molecule has 2 unspecified atom stereocenters. The molecule has 4 rings (SSSR count). The lowest BCUT2D eigenvalue weighted by Crippen LogP contribution is -2.36. The van der Waals surface area contributed by atoms with E-state index in [4.69, 9.17) is 9.47 Å². The maximum atomic E-state index is 13.2. The summed E-state index contributed by atoms with van der Waals surface area (Å²) in [5, 5.41) is 11.4. The fourth-order valence-electron chi connectivity index (χ4n) is 4.65. The summed E-state index contributed by atoms with van der Waals surface area (Å²) >= 11 is 0. The van der Waals surface area contributed by atoms with E-state index in [1.165, 1.54) is 0 Å². The third-order valence-corrected chi connectivity index (χ3v) is 6.28. The second kappa shape index (κ2) is 9.79. The number of likely N-dealkylation sites (tertiary alicyclic amines) is 1. The van der Waals surface area contributed by atoms with Gasteiger partial charge >= 0.3 is 0 Å². The first kappa shape index (κ1) is 23.1. The van der Waals surface area contributed by atoms with Crippen LogP contribution in [-0.4, -0.2) is 47.6 Å². The Balaban J connectivity index is 1.81. The van der Waals surface area contributed by atoms with Gasteiger partial charge in [0.05, 0.1) is 24.3 Å². The molecule has 0 bridgehead atoms. The quantitative estimate of drug-likeness (QED) is 0.373. The lowest BCUT2D eigenvalue weighted by molar-refractivity contribution is -0.140. The first-order chi connectivity index (χ1) is 15.9. The van der Waals surface area contributed by atoms with E-state index in [0.717, 1.165) is 29.7 Å². The monoisotopic (exact) mass is 449 g/mol. The molecule has 2 fully saturated rings. The second-order valence-corrected chi connectivity index (χ2v) is 8.84. The average Bonchev–Trinajstić information content (AvgIpc) is 3.42. The Morgan fingerprint density at radius 1 is 1.18 bits per heavy atom. The summed E-state index contributed by atoms with van der Waals surface area (Å²) < 4.78 is 11.5. The van der Waals surface area contributed by atoms with Gasteiger partial charge in [0, 0.05) is 18.7 Å². The van der Waals surface area contributed by atoms with Crippen molar-refractivity contribution in [3.63, 3.8) is 0 Å². The van der Waals surface area contributed by atoms with Gasteiger partial charge in [-0.2, -0.15) is 0 Å². The number of nitrogens with zero attached hydrogens (tertiary/aromatic N) is 1. The number of ether oxygens (including phenoxy) is 2. The fraction of sp³-hybridized carbons (Fsp3) is 0.407. The third-order valence-electron chi connectivity index (χ3n) is 6.28. The van der Waals surface area contributed by atoms with Crippen molar-refractivity contribution in [3.8, 4) is 5.75 Å². The highest BCUT2D eigenvalue weighted by molar-refractivity contribution is 6.46. The van der Waals surface area contributed by atoms with Crippen molar-refractivity contribution in [2.75, 3.05) is 19.8 Å². The number of Topliss-reactive ketones (excluding diaryl/α,β-unsaturated/α-hetero) is 1. The lowest BCUT2D eigenvalue weighted by atomic mass is 9.93. The molecule has 174 valence electrons. The van der Waals surface area contributed by atoms with Crippen molar-refractivity contribution >= 4 is 17.4 Å². The van der Waals surface area contributed by atoms with E-state index in [2.05, 4.69) is 0 Å². The van der Waals surface area contributed by atoms with Gasteiger partial charge in [0.1, 0.15) is 11.5 Å². The van der Waals surface area contributed by atoms with Crippen molar-refractivity contribution in [1.82, 2.24) is 4.90 Å². The molecule has 2 aromatic carbocycles. The van der Waals surface area contributed by atoms with Crippen molar-refractivity contribution in [1.29, 1.82) is 0 Å². The van der Waals surface area contributed by atoms with Gasteiger partial charge in [0.2, 0.25) is 0 Å². The van der Waals surface area contributed by atoms with Gasteiger partial charge < -0.3 is 19.5 Å². The Morgan fingerprint density at radius 3 is 2.58 bits per heavy atom. The summed E-state index contributed by atoms with van der Waals surface area (Å²) in [6.07, 6.45) is 1.68. The summed E-state index contributed by atoms with van der Waals surface area (Å²) in [6, 6.07) is 14.1. The minimum Gasteiger partial charge on any atom is -0.507 e. The van der Waals surface area contributed by atoms with Crippen LogP contribution in [0.2, 0.25) is 0 Å². The maximum absolute atomic E-state index is 13.2. The number of amides is 1. The Hall–Kier alpha value is -3.12. The average molecular weight is 450 g/mol. The van der Waals surface area contributed by atoms with Crippen molar-refractivity contribution in [3.05, 3.63) is 70.8 Å². The molecule has 2 aliphatic heterocycles. The molecule has 33 heavy (non-hydrogen) atoms. The molecule has 2 heterocycles. The molecule has 6 nitrogen and oxygen atoms in total. The minimum absolute atomic E-state index is 0.104. The van der Waals surface area contributed by atoms with Crippen LogP contribution in [0.25, 0.3) is 5.76 Å². The molecule has 1 amide bonds. The molecule has 2 aromatic rings. The Morgan fingerprint density at radius 2 is 1.94 bits per heavy atom. The van der Waals surface area contributed by atoms with Gasteiger partial charge in [-0.3, -0.25) is 9.59 Å². The number of carbonyl (C=O) groups excluding carboxylic acids is 2. The number of rotatable bonds is 7. The number of carbonyl (C=O) groups is 2. The van der Waals surface area contributed by atoms with Crippen molar-refractivity contribution in [2.45, 2.75) is 51.7 Å². The molecule has 0 radical (unpaired) electrons. The zero-order valence-corrected chi connectivity index (χ0v) is 19.4. The van der Waals surface area contributed by atoms with Crippen LogP contribution in [-0.2, 0) is 14.3 Å². The van der Waals surface area contributed by atoms with Crippen molar-refractivity contribution < 1.29 is 24.2 Å². The van der Waals surface area contributed by atoms with E-state index in [9.17, 15) is 14.7 Å². The summed E-state index contributed by atoms with van der Waals surface area (Å²) in [7, 11) is 0. The van der Waals surface area contributed by atoms with Crippen LogP contribution in [0.15, 0.2) is 54.1 Å². The summed E-state index contributed by atoms with van der Waals surface area (Å²) in [4.78, 5) is 27.8. The third kappa shape index (κ3) is 4.53. The van der Waals surface area contributed by atoms with Crippen LogP contribution >= 0.6 is 0 Å². The molecule has 6 heteroatoms. The van der Waals surface area contributed by atoms with E-state index >= 15 is 0 Å². The molecule has 2 saturated heterocycles. The summed E-state index contributed by atoms with van der Waals surface area (Å²) in [6.45, 7) is 7.54. The minimum atomic E-state index is -0.667. The number of aliphatic hydroxyl groups is 1. The molecule has 0 aromatic heterocycles. The van der Waals surface area contributed by atoms with Gasteiger partial charge in [-0.15, -0.1) is 0 Å². The predicted octanol–water partition coefficient (Wildman–Crippen LogP) is 4.81. The van der Waals surface area contributed by atoms with Crippen LogP contribution in [0.5, 0.6) is 5.75 Å². The number of ketones is 1. The number of aliphatic hydroxyl groups excluding tert-OH is 1. The van der Waals surface area contributed by atoms with E-state index in [1.54, 1.807) is 11.0 Å². The molecule has 1 N–H and O–H groups in total. The van der Waals surface area contributed by atoms with Crippen LogP contribution in [0.4, 0.5) is 0 Å². The van der Waals surface area contributed by atoms with Crippen LogP contribution in [0.1, 0.15) is 62.3 Å². The van der Waals surface area contributed by atoms with Crippen LogP contribution < -0.4 is 4.74 Å². The van der Waals surface area contributed by atoms with E-state index in [1.807, 2.05) is 63.2 Å². The van der Waals surface area contributed by atoms with Gasteiger partial charge in [-0.05, 0) is 55.0 Å². The number of hydrogen-bond donors (Lipinski definition) is 1. The molecule has 0 saturated carbocycles. The largest absolute Gasteiger partial charge is 0.507 e. The molecular formula is C27H31NO5. The van der Waals surface area contributed by atoms with Crippen LogP contribution in [0, 0.1) is 0 Å². The number of hydrogen-bond acceptors (Lipinski definition) is 5. The SMILES string of the molecule is CCOc1ccc(/C(O)=C2/C(=O)C(=O)N(CC3CCCO3)C2c2ccccc2)cc1C(C)C. The predicted molar refractivity (Wildman–Crippen MR) is 126 cm³/mol. The Kier molecular flexibility index (Phi) is 6.84. The topological polar surface area (TPSA) is 76.1 Å². The van der Waals surface area contributed by atoms with E-state index in [0.29, 0.717) is 25.3 Å². The van der Waals surface area contributed by atoms with Crippen molar-refractivity contribution in [2.24, 2.45) is 0 Å². The van der Waals surface area contributed by atoms with Gasteiger partial charge in [0.15, 0.2) is 0 Å². The lowest BCUT2D eigenvalue weighted by Gasteiger charge is -2.27. The molecule has 0 spiro atoms. The van der Waals surface area contributed by atoms with Gasteiger partial charge in [0.25, 0.3) is 11.7 Å². The second-order valence-electron chi connectivity index (χ2n) is 8.84. The molecule has 2 aliphatic rings. The zero-order valence-electron chi connectivity index (χ0n) is 19.4. The van der Waals surface area contributed by atoms with Crippen LogP contribution in [0.3, 0.4) is 0 Å². The van der Waals surface area contributed by atoms with Gasteiger partial charge in [-0.25, -0.2) is 0 Å². The standard InChI is InChI=1S/C27H31NO5/c1-4-32-22-13-12-19(15-21(22)17(2)3)25(29)23-24(18-9-6-5-7-10-18)28(27(31)26(23)30)16-20-11-8-14-33-20/h5-7,9-10,12-13,15,17,20,24,29H,4,8,11,14,16H2,1-3H3/b25-23-. The fourth-order valence-corrected chi connectivity index (χ4v) is 4.65. The van der Waals surface area contributed by atoms with E-state index < -0.39 is 17.7 Å². The summed E-state index contributed by atoms with van der Waals surface area (Å²) in [5.74, 6) is -0.522. The number of benzene rings is 2. The molecular weight excluding hydrogens is 418 g/mol. The zero-order chi connectivity index (χ0) is 23.5. The maximum Gasteiger partial charge on any atom is 0.295 e. The highest BCUT2D eigenvalue weighted by Crippen LogP contribution is 2.41. The molecule has 0 aliphatic carbocycles. The summed E-state index contributed by atoms with van der Waals surface area (Å²) in [5.41, 5.74) is 2.33.